The summed E-state index contributed by atoms with van der Waals surface area (Å²) in [6.45, 7) is 0.851. The number of benzene rings is 1. The van der Waals surface area contributed by atoms with Gasteiger partial charge < -0.3 is 5.11 Å². The van der Waals surface area contributed by atoms with Gasteiger partial charge in [-0.3, -0.25) is 9.69 Å². The van der Waals surface area contributed by atoms with E-state index in [0.29, 0.717) is 25.9 Å². The van der Waals surface area contributed by atoms with Crippen molar-refractivity contribution in [2.24, 2.45) is 0 Å². The first-order valence-corrected chi connectivity index (χ1v) is 8.07. The number of hydrogen-bond acceptors (Lipinski definition) is 4. The van der Waals surface area contributed by atoms with Gasteiger partial charge in [0.15, 0.2) is 0 Å². The molecule has 1 unspecified atom stereocenters. The van der Waals surface area contributed by atoms with Gasteiger partial charge in [-0.05, 0) is 37.6 Å². The molecule has 2 rings (SSSR count). The van der Waals surface area contributed by atoms with Crippen LogP contribution < -0.4 is 4.72 Å². The molecule has 6 nitrogen and oxygen atoms in total. The Hall–Kier alpha value is -1.51. The molecule has 1 fully saturated rings. The van der Waals surface area contributed by atoms with Crippen LogP contribution in [0, 0.1) is 5.82 Å². The molecule has 1 heterocycles. The maximum Gasteiger partial charge on any atom is 0.317 e. The van der Waals surface area contributed by atoms with Crippen LogP contribution in [0.2, 0.25) is 0 Å². The number of nitrogens with one attached hydrogen (secondary N) is 1. The summed E-state index contributed by atoms with van der Waals surface area (Å²) in [5.74, 6) is -1.56. The van der Waals surface area contributed by atoms with Crippen LogP contribution in [0.4, 0.5) is 4.39 Å². The van der Waals surface area contributed by atoms with Crippen LogP contribution >= 0.6 is 0 Å². The normalized spacial score (nSPS) is 20.3. The zero-order chi connectivity index (χ0) is 15.5. The van der Waals surface area contributed by atoms with Gasteiger partial charge >= 0.3 is 5.97 Å². The third-order valence-corrected chi connectivity index (χ3v) is 4.81. The van der Waals surface area contributed by atoms with Gasteiger partial charge in [-0.25, -0.2) is 17.5 Å². The molecule has 116 valence electrons. The summed E-state index contributed by atoms with van der Waals surface area (Å²) in [4.78, 5) is 12.3. The minimum Gasteiger partial charge on any atom is -0.480 e. The van der Waals surface area contributed by atoms with Gasteiger partial charge in [0, 0.05) is 12.6 Å². The van der Waals surface area contributed by atoms with Gasteiger partial charge in [-0.2, -0.15) is 0 Å². The molecule has 8 heteroatoms. The summed E-state index contributed by atoms with van der Waals surface area (Å²) >= 11 is 0. The van der Waals surface area contributed by atoms with Crippen molar-refractivity contribution in [3.05, 3.63) is 30.1 Å². The predicted molar refractivity (Wildman–Crippen MR) is 73.8 cm³/mol. The number of sulfonamides is 1. The lowest BCUT2D eigenvalue weighted by Crippen LogP contribution is -2.48. The molecule has 1 saturated heterocycles. The monoisotopic (exact) mass is 316 g/mol. The quantitative estimate of drug-likeness (QED) is 0.833. The maximum atomic E-state index is 13.1. The topological polar surface area (TPSA) is 86.7 Å². The Kier molecular flexibility index (Phi) is 4.92. The molecular formula is C13H17FN2O4S. The van der Waals surface area contributed by atoms with Gasteiger partial charge in [-0.1, -0.05) is 6.07 Å². The second-order valence-electron chi connectivity index (χ2n) is 5.05. The second kappa shape index (κ2) is 6.50. The van der Waals surface area contributed by atoms with E-state index in [9.17, 15) is 17.6 Å². The van der Waals surface area contributed by atoms with Crippen molar-refractivity contribution < 1.29 is 22.7 Å². The van der Waals surface area contributed by atoms with Crippen LogP contribution in [0.3, 0.4) is 0 Å². The largest absolute Gasteiger partial charge is 0.480 e. The highest BCUT2D eigenvalue weighted by molar-refractivity contribution is 7.89. The minimum absolute atomic E-state index is 0.113. The molecule has 1 aliphatic heterocycles. The number of rotatable bonds is 5. The smallest absolute Gasteiger partial charge is 0.317 e. The van der Waals surface area contributed by atoms with Crippen molar-refractivity contribution in [2.45, 2.75) is 23.8 Å². The van der Waals surface area contributed by atoms with Crippen molar-refractivity contribution in [1.82, 2.24) is 9.62 Å². The Balaban J connectivity index is 2.04. The van der Waals surface area contributed by atoms with Crippen LogP contribution in [0.5, 0.6) is 0 Å². The van der Waals surface area contributed by atoms with E-state index in [1.165, 1.54) is 18.2 Å². The number of nitrogens with zero attached hydrogens (tertiary/aromatic N) is 1. The van der Waals surface area contributed by atoms with Gasteiger partial charge in [0.25, 0.3) is 0 Å². The lowest BCUT2D eigenvalue weighted by Gasteiger charge is -2.31. The molecule has 21 heavy (non-hydrogen) atoms. The molecule has 0 amide bonds. The molecule has 0 aromatic heterocycles. The highest BCUT2D eigenvalue weighted by atomic mass is 32.2. The predicted octanol–water partition coefficient (Wildman–Crippen LogP) is 0.653. The molecule has 0 spiro atoms. The van der Waals surface area contributed by atoms with Gasteiger partial charge in [-0.15, -0.1) is 0 Å². The SMILES string of the molecule is O=C(O)CN1CCCC(NS(=O)(=O)c2cccc(F)c2)C1. The van der Waals surface area contributed by atoms with Crippen molar-refractivity contribution in [3.63, 3.8) is 0 Å². The van der Waals surface area contributed by atoms with Crippen LogP contribution in [0.1, 0.15) is 12.8 Å². The Bertz CT molecular complexity index is 620. The number of aliphatic carboxylic acids is 1. The number of carbonyl (C=O) groups is 1. The van der Waals surface area contributed by atoms with Crippen LogP contribution in [0.25, 0.3) is 0 Å². The Morgan fingerprint density at radius 2 is 2.24 bits per heavy atom. The molecular weight excluding hydrogens is 299 g/mol. The van der Waals surface area contributed by atoms with Crippen molar-refractivity contribution in [2.75, 3.05) is 19.6 Å². The fourth-order valence-electron chi connectivity index (χ4n) is 2.41. The Morgan fingerprint density at radius 1 is 1.48 bits per heavy atom. The zero-order valence-electron chi connectivity index (χ0n) is 11.3. The van der Waals surface area contributed by atoms with Gasteiger partial charge in [0.2, 0.25) is 10.0 Å². The summed E-state index contributed by atoms with van der Waals surface area (Å²) in [5, 5.41) is 8.77. The number of hydrogen-bond donors (Lipinski definition) is 2. The number of carboxylic acid groups (broad SMARTS) is 1. The summed E-state index contributed by atoms with van der Waals surface area (Å²) in [7, 11) is -3.80. The number of piperidine rings is 1. The van der Waals surface area contributed by atoms with Crippen molar-refractivity contribution in [3.8, 4) is 0 Å². The Morgan fingerprint density at radius 3 is 2.90 bits per heavy atom. The van der Waals surface area contributed by atoms with E-state index >= 15 is 0 Å². The van der Waals surface area contributed by atoms with Crippen LogP contribution in [-0.2, 0) is 14.8 Å². The average Bonchev–Trinajstić information content (AvgIpc) is 2.37. The van der Waals surface area contributed by atoms with Crippen LogP contribution in [0.15, 0.2) is 29.2 Å². The summed E-state index contributed by atoms with van der Waals surface area (Å²) in [6, 6.07) is 4.42. The van der Waals surface area contributed by atoms with E-state index in [-0.39, 0.29) is 17.5 Å². The average molecular weight is 316 g/mol. The summed E-state index contributed by atoms with van der Waals surface area (Å²) in [6.07, 6.45) is 1.34. The first-order chi connectivity index (χ1) is 9.87. The lowest BCUT2D eigenvalue weighted by molar-refractivity contribution is -0.138. The summed E-state index contributed by atoms with van der Waals surface area (Å²) < 4.78 is 40.0. The fraction of sp³-hybridized carbons (Fsp3) is 0.462. The van der Waals surface area contributed by atoms with Crippen molar-refractivity contribution in [1.29, 1.82) is 0 Å². The maximum absolute atomic E-state index is 13.1. The van der Waals surface area contributed by atoms with Crippen LogP contribution in [-0.4, -0.2) is 50.1 Å². The van der Waals surface area contributed by atoms with E-state index in [4.69, 9.17) is 5.11 Å². The molecule has 1 aromatic rings. The van der Waals surface area contributed by atoms with E-state index in [1.54, 1.807) is 4.90 Å². The fourth-order valence-corrected chi connectivity index (χ4v) is 3.70. The van der Waals surface area contributed by atoms with Gasteiger partial charge in [0.1, 0.15) is 5.82 Å². The Labute approximate surface area is 122 Å². The lowest BCUT2D eigenvalue weighted by atomic mass is 10.1. The highest BCUT2D eigenvalue weighted by Gasteiger charge is 2.26. The third kappa shape index (κ3) is 4.48. The zero-order valence-corrected chi connectivity index (χ0v) is 12.1. The molecule has 0 bridgehead atoms. The van der Waals surface area contributed by atoms with E-state index in [0.717, 1.165) is 6.07 Å². The third-order valence-electron chi connectivity index (χ3n) is 3.29. The molecule has 0 radical (unpaired) electrons. The van der Waals surface area contributed by atoms with E-state index < -0.39 is 21.8 Å². The number of carboxylic acids is 1. The molecule has 0 aliphatic carbocycles. The van der Waals surface area contributed by atoms with E-state index in [2.05, 4.69) is 4.72 Å². The van der Waals surface area contributed by atoms with Gasteiger partial charge in [0.05, 0.1) is 11.4 Å². The second-order valence-corrected chi connectivity index (χ2v) is 6.76. The number of likely N-dealkylation sites (tertiary alicyclic amines) is 1. The highest BCUT2D eigenvalue weighted by Crippen LogP contribution is 2.15. The standard InChI is InChI=1S/C13H17FN2O4S/c14-10-3-1-5-12(7-10)21(19,20)15-11-4-2-6-16(8-11)9-13(17)18/h1,3,5,7,11,15H,2,4,6,8-9H2,(H,17,18). The number of halogens is 1. The van der Waals surface area contributed by atoms with Crippen molar-refractivity contribution >= 4 is 16.0 Å². The molecule has 2 N–H and O–H groups in total. The molecule has 0 saturated carbocycles. The van der Waals surface area contributed by atoms with E-state index in [1.807, 2.05) is 0 Å². The molecule has 1 aliphatic rings. The first-order valence-electron chi connectivity index (χ1n) is 6.59. The summed E-state index contributed by atoms with van der Waals surface area (Å²) in [5.41, 5.74) is 0. The first kappa shape index (κ1) is 15.9. The minimum atomic E-state index is -3.80. The molecule has 1 atom stereocenters. The molecule has 1 aromatic carbocycles.